The zero-order valence-corrected chi connectivity index (χ0v) is 43.6. The van der Waals surface area contributed by atoms with Gasteiger partial charge in [0.05, 0.1) is 54.4 Å². The van der Waals surface area contributed by atoms with Gasteiger partial charge in [0.1, 0.15) is 23.2 Å². The summed E-state index contributed by atoms with van der Waals surface area (Å²) >= 11 is 1.40. The molecule has 1 saturated carbocycles. The van der Waals surface area contributed by atoms with Crippen LogP contribution in [0.25, 0.3) is 33.4 Å². The van der Waals surface area contributed by atoms with Crippen LogP contribution in [-0.4, -0.2) is 132 Å². The highest BCUT2D eigenvalue weighted by Crippen LogP contribution is 2.53. The number of piperazine rings is 1. The highest BCUT2D eigenvalue weighted by molar-refractivity contribution is 7.10. The summed E-state index contributed by atoms with van der Waals surface area (Å²) in [6.45, 7) is 19.8. The Hall–Kier alpha value is -5.30. The fraction of sp³-hybridized carbons (Fsp3) is 0.556. The van der Waals surface area contributed by atoms with Gasteiger partial charge in [-0.15, -0.1) is 11.3 Å². The summed E-state index contributed by atoms with van der Waals surface area (Å²) in [4.78, 5) is 63.2. The minimum absolute atomic E-state index is 0.0257. The van der Waals surface area contributed by atoms with Crippen LogP contribution in [0.3, 0.4) is 0 Å². The maximum absolute atomic E-state index is 14.9. The molecule has 7 heterocycles. The van der Waals surface area contributed by atoms with Crippen molar-refractivity contribution in [1.29, 1.82) is 0 Å². The van der Waals surface area contributed by atoms with E-state index in [9.17, 15) is 14.4 Å². The van der Waals surface area contributed by atoms with E-state index in [0.717, 1.165) is 82.2 Å². The Morgan fingerprint density at radius 1 is 1.06 bits per heavy atom. The minimum atomic E-state index is -1.16. The number of thiazole rings is 1. The second-order valence-corrected chi connectivity index (χ2v) is 21.7. The van der Waals surface area contributed by atoms with Crippen LogP contribution in [0.5, 0.6) is 0 Å². The molecule has 5 aromatic rings. The number of likely N-dealkylation sites (N-methyl/N-ethyl adjacent to an activating group) is 1. The van der Waals surface area contributed by atoms with Crippen molar-refractivity contribution in [2.24, 2.45) is 17.3 Å². The number of pyridine rings is 2. The van der Waals surface area contributed by atoms with Crippen molar-refractivity contribution in [3.63, 3.8) is 0 Å². The molecule has 3 fully saturated rings. The van der Waals surface area contributed by atoms with Gasteiger partial charge in [0.15, 0.2) is 0 Å². The molecule has 2 saturated heterocycles. The molecule has 4 aliphatic rings. The summed E-state index contributed by atoms with van der Waals surface area (Å²) in [5, 5.41) is 8.19. The summed E-state index contributed by atoms with van der Waals surface area (Å²) < 4.78 is 27.4. The smallest absolute Gasteiger partial charge is 0.324 e. The summed E-state index contributed by atoms with van der Waals surface area (Å²) in [6.07, 6.45) is 4.09. The van der Waals surface area contributed by atoms with E-state index in [1.807, 2.05) is 50.5 Å². The number of ether oxygens (including phenoxy) is 4. The van der Waals surface area contributed by atoms with Crippen molar-refractivity contribution >= 4 is 45.7 Å². The Labute approximate surface area is 421 Å². The number of anilines is 1. The molecular weight excluding hydrogens is 919 g/mol. The van der Waals surface area contributed by atoms with E-state index in [4.69, 9.17) is 28.9 Å². The van der Waals surface area contributed by atoms with E-state index in [0.29, 0.717) is 44.0 Å². The predicted molar refractivity (Wildman–Crippen MR) is 275 cm³/mol. The lowest BCUT2D eigenvalue weighted by Gasteiger charge is -2.37. The van der Waals surface area contributed by atoms with Crippen molar-refractivity contribution < 1.29 is 33.3 Å². The second kappa shape index (κ2) is 21.4. The number of cyclic esters (lactones) is 1. The van der Waals surface area contributed by atoms with Gasteiger partial charge in [0.2, 0.25) is 5.91 Å². The van der Waals surface area contributed by atoms with Crippen molar-refractivity contribution in [2.45, 2.75) is 111 Å². The number of hydrazine groups is 1. The van der Waals surface area contributed by atoms with Crippen LogP contribution in [0.15, 0.2) is 60.2 Å². The molecule has 0 radical (unpaired) electrons. The SMILES string of the molecule is CCO[C@@H]1c2nc(cs2)-c2ccc3c(c2)c(c(-c2cc(N4CCN(C)CC4)cnc2[C@H](C)OC)n3CCOC(C)C)CC(C)(C)COC(=O)[C@@H]2CCCN(N2)C(=O)[C@H]1NC(=O)[C@@H]1[C@@H](C)[C@H]1c1ccccn1. The van der Waals surface area contributed by atoms with Crippen LogP contribution in [0.1, 0.15) is 101 Å². The van der Waals surface area contributed by atoms with E-state index >= 15 is 0 Å². The van der Waals surface area contributed by atoms with Crippen molar-refractivity contribution in [1.82, 2.24) is 40.2 Å². The highest BCUT2D eigenvalue weighted by atomic mass is 32.1. The highest BCUT2D eigenvalue weighted by Gasteiger charge is 2.54. The molecule has 1 aromatic carbocycles. The van der Waals surface area contributed by atoms with Crippen LogP contribution in [-0.2, 0) is 46.3 Å². The standard InChI is InChI=1S/C54H71N9O7S/c1-10-68-49-47(58-50(64)45-33(4)44(45)40-14-11-12-18-55-40)52(65)63-19-13-15-41(59-63)53(66)70-31-54(6,7)28-39-37-26-35(42-30-71-51(49)57-42)16-17-43(37)62(24-25-69-32(2)3)48(39)38-27-36(29-56-46(38)34(5)67-9)61-22-20-60(8)21-23-61/h11-12,14,16-18,26-27,29-30,32-34,41,44-45,47,49,59H,10,13,15,19-25,28,31H2,1-9H3,(H,58,64)/t33-,34-,41-,44-,45+,47-,49-/m0/s1. The first-order valence-corrected chi connectivity index (χ1v) is 26.3. The summed E-state index contributed by atoms with van der Waals surface area (Å²) in [5.41, 5.74) is 11.1. The molecule has 2 amide bonds. The van der Waals surface area contributed by atoms with Gasteiger partial charge in [-0.2, -0.15) is 0 Å². The first-order chi connectivity index (χ1) is 34.2. The molecule has 380 valence electrons. The quantitative estimate of drug-likeness (QED) is 0.113. The fourth-order valence-electron chi connectivity index (χ4n) is 10.6. The van der Waals surface area contributed by atoms with Gasteiger partial charge in [-0.3, -0.25) is 29.4 Å². The molecule has 17 heteroatoms. The number of hydrogen-bond donors (Lipinski definition) is 2. The molecule has 0 unspecified atom stereocenters. The first-order valence-electron chi connectivity index (χ1n) is 25.4. The van der Waals surface area contributed by atoms with Gasteiger partial charge < -0.3 is 38.6 Å². The molecule has 7 atom stereocenters. The maximum atomic E-state index is 14.9. The lowest BCUT2D eigenvalue weighted by Crippen LogP contribution is -2.61. The third kappa shape index (κ3) is 10.8. The third-order valence-electron chi connectivity index (χ3n) is 14.7. The van der Waals surface area contributed by atoms with Crippen LogP contribution >= 0.6 is 11.3 Å². The number of carbonyl (C=O) groups excluding carboxylic acids is 3. The van der Waals surface area contributed by atoms with Crippen molar-refractivity contribution in [3.8, 4) is 22.5 Å². The van der Waals surface area contributed by atoms with E-state index in [2.05, 4.69) is 89.1 Å². The molecule has 71 heavy (non-hydrogen) atoms. The number of aromatic nitrogens is 4. The zero-order chi connectivity index (χ0) is 50.1. The lowest BCUT2D eigenvalue weighted by atomic mass is 9.84. The number of methoxy groups -OCH3 is 1. The van der Waals surface area contributed by atoms with Crippen LogP contribution in [0.2, 0.25) is 0 Å². The van der Waals surface area contributed by atoms with E-state index < -0.39 is 35.5 Å². The van der Waals surface area contributed by atoms with Crippen molar-refractivity contribution in [2.75, 3.05) is 71.6 Å². The number of hydrogen-bond acceptors (Lipinski definition) is 14. The van der Waals surface area contributed by atoms with Crippen LogP contribution < -0.4 is 15.6 Å². The molecule has 3 aliphatic heterocycles. The average Bonchev–Trinajstić information content (AvgIpc) is 3.65. The number of fused-ring (bicyclic) bond motifs is 6. The van der Waals surface area contributed by atoms with Gasteiger partial charge in [-0.25, -0.2) is 10.4 Å². The Kier molecular flexibility index (Phi) is 15.3. The molecule has 6 bridgehead atoms. The Bertz CT molecular complexity index is 2700. The molecule has 0 spiro atoms. The number of amides is 2. The predicted octanol–water partition coefficient (Wildman–Crippen LogP) is 7.34. The maximum Gasteiger partial charge on any atom is 0.324 e. The Morgan fingerprint density at radius 3 is 2.59 bits per heavy atom. The number of nitrogens with zero attached hydrogens (tertiary/aromatic N) is 7. The fourth-order valence-corrected chi connectivity index (χ4v) is 11.5. The van der Waals surface area contributed by atoms with Gasteiger partial charge in [0.25, 0.3) is 5.91 Å². The van der Waals surface area contributed by atoms with Crippen LogP contribution in [0.4, 0.5) is 5.69 Å². The van der Waals surface area contributed by atoms with Gasteiger partial charge >= 0.3 is 5.97 Å². The zero-order valence-electron chi connectivity index (χ0n) is 42.8. The summed E-state index contributed by atoms with van der Waals surface area (Å²) in [6, 6.07) is 12.5. The molecule has 4 aromatic heterocycles. The van der Waals surface area contributed by atoms with Crippen molar-refractivity contribution in [3.05, 3.63) is 82.2 Å². The Balaban J connectivity index is 1.19. The largest absolute Gasteiger partial charge is 0.464 e. The van der Waals surface area contributed by atoms with Gasteiger partial charge in [-0.05, 0) is 95.8 Å². The monoisotopic (exact) mass is 990 g/mol. The number of carbonyl (C=O) groups is 3. The molecule has 2 N–H and O–H groups in total. The topological polar surface area (TPSA) is 166 Å². The normalized spacial score (nSPS) is 24.5. The number of esters is 1. The minimum Gasteiger partial charge on any atom is -0.464 e. The number of benzene rings is 1. The molecule has 16 nitrogen and oxygen atoms in total. The van der Waals surface area contributed by atoms with Gasteiger partial charge in [-0.1, -0.05) is 32.9 Å². The van der Waals surface area contributed by atoms with E-state index in [1.54, 1.807) is 13.3 Å². The van der Waals surface area contributed by atoms with E-state index in [1.165, 1.54) is 16.3 Å². The number of nitrogens with one attached hydrogen (secondary N) is 2. The second-order valence-electron chi connectivity index (χ2n) is 20.8. The molecule has 9 rings (SSSR count). The molecular formula is C54H71N9O7S. The lowest BCUT2D eigenvalue weighted by molar-refractivity contribution is -0.156. The summed E-state index contributed by atoms with van der Waals surface area (Å²) in [5.74, 6) is -1.54. The summed E-state index contributed by atoms with van der Waals surface area (Å²) in [7, 11) is 3.88. The average molecular weight is 990 g/mol. The van der Waals surface area contributed by atoms with E-state index in [-0.39, 0.29) is 49.1 Å². The van der Waals surface area contributed by atoms with Gasteiger partial charge in [0, 0.05) is 110 Å². The third-order valence-corrected chi connectivity index (χ3v) is 15.6. The molecule has 1 aliphatic carbocycles. The number of rotatable bonds is 13. The Morgan fingerprint density at radius 2 is 1.86 bits per heavy atom. The van der Waals surface area contributed by atoms with Crippen LogP contribution in [0, 0.1) is 17.3 Å². The first kappa shape index (κ1) is 50.6.